The molecule has 1 fully saturated rings. The molecule has 0 radical (unpaired) electrons. The minimum Gasteiger partial charge on any atom is -0.496 e. The van der Waals surface area contributed by atoms with Crippen molar-refractivity contribution in [1.29, 1.82) is 0 Å². The van der Waals surface area contributed by atoms with Gasteiger partial charge in [-0.15, -0.1) is 17.0 Å². The molecule has 0 spiro atoms. The van der Waals surface area contributed by atoms with E-state index in [-0.39, 0.29) is 17.0 Å². The second-order valence-corrected chi connectivity index (χ2v) is 5.94. The molecule has 0 atom stereocenters. The zero-order chi connectivity index (χ0) is 12.8. The summed E-state index contributed by atoms with van der Waals surface area (Å²) in [5.74, 6) is 0.972. The molecule has 2 nitrogen and oxygen atoms in total. The van der Waals surface area contributed by atoms with E-state index >= 15 is 0 Å². The van der Waals surface area contributed by atoms with Crippen molar-refractivity contribution in [1.82, 2.24) is 5.32 Å². The third-order valence-electron chi connectivity index (χ3n) is 3.68. The van der Waals surface area contributed by atoms with E-state index in [1.807, 2.05) is 12.1 Å². The number of rotatable bonds is 4. The number of hydrogen-bond acceptors (Lipinski definition) is 2. The lowest BCUT2D eigenvalue weighted by atomic mass is 10.1. The van der Waals surface area contributed by atoms with E-state index in [9.17, 15) is 0 Å². The molecular formula is C15H23Br2NO. The van der Waals surface area contributed by atoms with Crippen molar-refractivity contribution in [2.24, 2.45) is 0 Å². The molecule has 0 aromatic heterocycles. The summed E-state index contributed by atoms with van der Waals surface area (Å²) in [7, 11) is 1.73. The van der Waals surface area contributed by atoms with E-state index in [4.69, 9.17) is 4.74 Å². The maximum atomic E-state index is 5.40. The molecule has 0 bridgehead atoms. The van der Waals surface area contributed by atoms with Crippen molar-refractivity contribution in [2.45, 2.75) is 51.1 Å². The average molecular weight is 393 g/mol. The number of ether oxygens (including phenoxy) is 1. The van der Waals surface area contributed by atoms with Crippen molar-refractivity contribution in [2.75, 3.05) is 7.11 Å². The minimum atomic E-state index is 0. The Morgan fingerprint density at radius 2 is 1.89 bits per heavy atom. The number of hydrogen-bond donors (Lipinski definition) is 1. The van der Waals surface area contributed by atoms with Crippen LogP contribution in [0, 0.1) is 0 Å². The van der Waals surface area contributed by atoms with E-state index in [0.29, 0.717) is 6.04 Å². The Balaban J connectivity index is 0.00000180. The number of halogens is 2. The molecule has 19 heavy (non-hydrogen) atoms. The van der Waals surface area contributed by atoms with Crippen LogP contribution in [-0.4, -0.2) is 13.2 Å². The van der Waals surface area contributed by atoms with Crippen LogP contribution in [0.2, 0.25) is 0 Å². The molecule has 0 aliphatic heterocycles. The fourth-order valence-electron chi connectivity index (χ4n) is 2.62. The second-order valence-electron chi connectivity index (χ2n) is 5.03. The molecule has 0 saturated heterocycles. The summed E-state index contributed by atoms with van der Waals surface area (Å²) < 4.78 is 6.52. The van der Waals surface area contributed by atoms with Gasteiger partial charge in [0, 0.05) is 22.6 Å². The van der Waals surface area contributed by atoms with Crippen molar-refractivity contribution < 1.29 is 4.74 Å². The summed E-state index contributed by atoms with van der Waals surface area (Å²) >= 11 is 3.52. The molecule has 1 saturated carbocycles. The number of benzene rings is 1. The Kier molecular flexibility index (Phi) is 8.03. The maximum Gasteiger partial charge on any atom is 0.123 e. The first-order valence-corrected chi connectivity index (χ1v) is 7.64. The monoisotopic (exact) mass is 391 g/mol. The van der Waals surface area contributed by atoms with Gasteiger partial charge >= 0.3 is 0 Å². The van der Waals surface area contributed by atoms with E-state index in [1.165, 1.54) is 44.1 Å². The van der Waals surface area contributed by atoms with Gasteiger partial charge in [-0.1, -0.05) is 41.6 Å². The Hall–Kier alpha value is -0.0600. The summed E-state index contributed by atoms with van der Waals surface area (Å²) in [6.45, 7) is 0.896. The maximum absolute atomic E-state index is 5.40. The van der Waals surface area contributed by atoms with Crippen LogP contribution in [0.5, 0.6) is 5.75 Å². The van der Waals surface area contributed by atoms with E-state index in [0.717, 1.165) is 16.8 Å². The summed E-state index contributed by atoms with van der Waals surface area (Å²) in [4.78, 5) is 0. The summed E-state index contributed by atoms with van der Waals surface area (Å²) in [5, 5.41) is 3.68. The van der Waals surface area contributed by atoms with Gasteiger partial charge in [0.25, 0.3) is 0 Å². The van der Waals surface area contributed by atoms with Crippen molar-refractivity contribution in [3.8, 4) is 5.75 Å². The Morgan fingerprint density at radius 1 is 1.21 bits per heavy atom. The van der Waals surface area contributed by atoms with Gasteiger partial charge in [-0.25, -0.2) is 0 Å². The molecule has 2 rings (SSSR count). The first-order valence-electron chi connectivity index (χ1n) is 6.85. The van der Waals surface area contributed by atoms with E-state index in [1.54, 1.807) is 7.11 Å². The molecule has 1 aliphatic carbocycles. The third kappa shape index (κ3) is 5.44. The normalized spacial score (nSPS) is 16.5. The molecule has 1 N–H and O–H groups in total. The van der Waals surface area contributed by atoms with Crippen LogP contribution < -0.4 is 10.1 Å². The van der Waals surface area contributed by atoms with Crippen LogP contribution in [0.1, 0.15) is 44.1 Å². The van der Waals surface area contributed by atoms with Gasteiger partial charge in [0.2, 0.25) is 0 Å². The van der Waals surface area contributed by atoms with Crippen molar-refractivity contribution in [3.63, 3.8) is 0 Å². The van der Waals surface area contributed by atoms with Crippen LogP contribution in [0.4, 0.5) is 0 Å². The second kappa shape index (κ2) is 8.98. The summed E-state index contributed by atoms with van der Waals surface area (Å²) in [5.41, 5.74) is 1.23. The van der Waals surface area contributed by atoms with Gasteiger partial charge in [-0.2, -0.15) is 0 Å². The molecule has 0 unspecified atom stereocenters. The highest BCUT2D eigenvalue weighted by Crippen LogP contribution is 2.24. The van der Waals surface area contributed by atoms with Gasteiger partial charge in [0.05, 0.1) is 7.11 Å². The first kappa shape index (κ1) is 17.0. The van der Waals surface area contributed by atoms with Crippen molar-refractivity contribution in [3.05, 3.63) is 28.2 Å². The SMILES string of the molecule is Br.COc1ccc(Br)cc1CNC1CCCCCC1. The lowest BCUT2D eigenvalue weighted by Gasteiger charge is -2.17. The quantitative estimate of drug-likeness (QED) is 0.739. The highest BCUT2D eigenvalue weighted by molar-refractivity contribution is 9.10. The van der Waals surface area contributed by atoms with Crippen LogP contribution in [0.15, 0.2) is 22.7 Å². The molecule has 0 amide bonds. The van der Waals surface area contributed by atoms with Gasteiger partial charge in [-0.05, 0) is 31.0 Å². The predicted molar refractivity (Wildman–Crippen MR) is 89.3 cm³/mol. The first-order chi connectivity index (χ1) is 8.79. The lowest BCUT2D eigenvalue weighted by Crippen LogP contribution is -2.28. The van der Waals surface area contributed by atoms with Crippen LogP contribution in [-0.2, 0) is 6.54 Å². The van der Waals surface area contributed by atoms with Gasteiger partial charge < -0.3 is 10.1 Å². The number of methoxy groups -OCH3 is 1. The molecule has 0 heterocycles. The average Bonchev–Trinajstić information content (AvgIpc) is 2.65. The van der Waals surface area contributed by atoms with Gasteiger partial charge in [0.15, 0.2) is 0 Å². The molecule has 4 heteroatoms. The highest BCUT2D eigenvalue weighted by atomic mass is 79.9. The van der Waals surface area contributed by atoms with Gasteiger partial charge in [-0.3, -0.25) is 0 Å². The predicted octanol–water partition coefficient (Wildman–Crippen LogP) is 4.85. The smallest absolute Gasteiger partial charge is 0.123 e. The number of nitrogens with one attached hydrogen (secondary N) is 1. The Morgan fingerprint density at radius 3 is 2.53 bits per heavy atom. The van der Waals surface area contributed by atoms with Crippen LogP contribution in [0.25, 0.3) is 0 Å². The van der Waals surface area contributed by atoms with E-state index < -0.39 is 0 Å². The molecule has 108 valence electrons. The zero-order valence-electron chi connectivity index (χ0n) is 11.5. The Labute approximate surface area is 135 Å². The fraction of sp³-hybridized carbons (Fsp3) is 0.600. The molecule has 1 aromatic carbocycles. The fourth-order valence-corrected chi connectivity index (χ4v) is 3.03. The lowest BCUT2D eigenvalue weighted by molar-refractivity contribution is 0.401. The van der Waals surface area contributed by atoms with Gasteiger partial charge in [0.1, 0.15) is 5.75 Å². The molecule has 1 aromatic rings. The summed E-state index contributed by atoms with van der Waals surface area (Å²) in [6.07, 6.45) is 8.17. The standard InChI is InChI=1S/C15H22BrNO.BrH/c1-18-15-9-8-13(16)10-12(15)11-17-14-6-4-2-3-5-7-14;/h8-10,14,17H,2-7,11H2,1H3;1H. The van der Waals surface area contributed by atoms with Crippen molar-refractivity contribution >= 4 is 32.9 Å². The van der Waals surface area contributed by atoms with E-state index in [2.05, 4.69) is 27.3 Å². The topological polar surface area (TPSA) is 21.3 Å². The minimum absolute atomic E-state index is 0. The Bertz CT molecular complexity index is 376. The summed E-state index contributed by atoms with van der Waals surface area (Å²) in [6, 6.07) is 6.86. The molecular weight excluding hydrogens is 370 g/mol. The zero-order valence-corrected chi connectivity index (χ0v) is 14.8. The molecule has 1 aliphatic rings. The van der Waals surface area contributed by atoms with Crippen LogP contribution in [0.3, 0.4) is 0 Å². The largest absolute Gasteiger partial charge is 0.496 e. The van der Waals surface area contributed by atoms with Crippen LogP contribution >= 0.6 is 32.9 Å². The highest BCUT2D eigenvalue weighted by Gasteiger charge is 2.12. The third-order valence-corrected chi connectivity index (χ3v) is 4.17.